The summed E-state index contributed by atoms with van der Waals surface area (Å²) < 4.78 is 14.7. The molecule has 0 radical (unpaired) electrons. The van der Waals surface area contributed by atoms with E-state index < -0.39 is 6.17 Å². The van der Waals surface area contributed by atoms with Gasteiger partial charge in [0, 0.05) is 0 Å². The monoisotopic (exact) mass is 390 g/mol. The van der Waals surface area contributed by atoms with Gasteiger partial charge in [-0.3, -0.25) is 0 Å². The van der Waals surface area contributed by atoms with Gasteiger partial charge >= 0.3 is 0 Å². The van der Waals surface area contributed by atoms with Crippen molar-refractivity contribution >= 4 is 0 Å². The van der Waals surface area contributed by atoms with E-state index >= 15 is 0 Å². The first kappa shape index (κ1) is 22.4. The Morgan fingerprint density at radius 2 is 1.64 bits per heavy atom. The molecule has 3 aliphatic rings. The van der Waals surface area contributed by atoms with Crippen molar-refractivity contribution in [3.05, 3.63) is 12.2 Å². The summed E-state index contributed by atoms with van der Waals surface area (Å²) in [6, 6.07) is 0. The lowest BCUT2D eigenvalue weighted by Gasteiger charge is -2.68. The fourth-order valence-corrected chi connectivity index (χ4v) is 7.99. The van der Waals surface area contributed by atoms with Gasteiger partial charge in [-0.15, -0.1) is 0 Å². The SMILES string of the molecule is CCC(C)C(C)(CC=CCC1C2C(C)(C)CC(F)C3CC32C1(C)C)C(C)(C)C. The third-order valence-electron chi connectivity index (χ3n) is 10.7. The average molecular weight is 391 g/mol. The molecule has 3 fully saturated rings. The maximum Gasteiger partial charge on any atom is 0.104 e. The first-order chi connectivity index (χ1) is 12.7. The van der Waals surface area contributed by atoms with E-state index in [1.165, 1.54) is 12.8 Å². The van der Waals surface area contributed by atoms with Crippen LogP contribution in [0, 0.1) is 50.7 Å². The molecule has 28 heavy (non-hydrogen) atoms. The first-order valence-electron chi connectivity index (χ1n) is 12.0. The molecule has 0 aromatic carbocycles. The van der Waals surface area contributed by atoms with Crippen molar-refractivity contribution in [1.29, 1.82) is 0 Å². The molecule has 0 amide bonds. The van der Waals surface area contributed by atoms with Crippen LogP contribution in [-0.2, 0) is 0 Å². The number of hydrogen-bond donors (Lipinski definition) is 0. The van der Waals surface area contributed by atoms with Crippen LogP contribution in [0.2, 0.25) is 0 Å². The van der Waals surface area contributed by atoms with Crippen LogP contribution < -0.4 is 0 Å². The average Bonchev–Trinajstić information content (AvgIpc) is 3.33. The maximum absolute atomic E-state index is 14.7. The normalized spacial score (nSPS) is 41.5. The summed E-state index contributed by atoms with van der Waals surface area (Å²) in [6.45, 7) is 24.0. The van der Waals surface area contributed by atoms with Crippen molar-refractivity contribution in [2.24, 2.45) is 50.7 Å². The molecule has 3 rings (SSSR count). The summed E-state index contributed by atoms with van der Waals surface area (Å²) in [5, 5.41) is 0. The summed E-state index contributed by atoms with van der Waals surface area (Å²) in [5.74, 6) is 2.49. The molecule has 162 valence electrons. The predicted octanol–water partition coefficient (Wildman–Crippen LogP) is 8.47. The Morgan fingerprint density at radius 1 is 1.04 bits per heavy atom. The molecule has 0 aromatic rings. The van der Waals surface area contributed by atoms with Crippen LogP contribution in [0.1, 0.15) is 101 Å². The summed E-state index contributed by atoms with van der Waals surface area (Å²) in [6.07, 6.45) is 9.90. The van der Waals surface area contributed by atoms with Crippen LogP contribution in [0.15, 0.2) is 12.2 Å². The molecule has 7 atom stereocenters. The summed E-state index contributed by atoms with van der Waals surface area (Å²) in [7, 11) is 0. The molecule has 0 N–H and O–H groups in total. The van der Waals surface area contributed by atoms with Crippen LogP contribution in [0.3, 0.4) is 0 Å². The van der Waals surface area contributed by atoms with E-state index in [1.807, 2.05) is 0 Å². The van der Waals surface area contributed by atoms with Crippen LogP contribution in [-0.4, -0.2) is 6.17 Å². The number of halogens is 1. The lowest BCUT2D eigenvalue weighted by atomic mass is 9.36. The molecule has 7 unspecified atom stereocenters. The van der Waals surface area contributed by atoms with Gasteiger partial charge in [0.05, 0.1) is 0 Å². The Labute approximate surface area is 175 Å². The van der Waals surface area contributed by atoms with Crippen LogP contribution in [0.5, 0.6) is 0 Å². The van der Waals surface area contributed by atoms with Gasteiger partial charge in [0.25, 0.3) is 0 Å². The molecule has 0 heterocycles. The van der Waals surface area contributed by atoms with Gasteiger partial charge in [-0.05, 0) is 76.4 Å². The Hall–Kier alpha value is -0.330. The van der Waals surface area contributed by atoms with Crippen molar-refractivity contribution in [3.8, 4) is 0 Å². The van der Waals surface area contributed by atoms with E-state index in [0.29, 0.717) is 45.3 Å². The molecule has 3 aliphatic carbocycles. The largest absolute Gasteiger partial charge is 0.247 e. The third kappa shape index (κ3) is 2.88. The van der Waals surface area contributed by atoms with Crippen molar-refractivity contribution in [1.82, 2.24) is 0 Å². The van der Waals surface area contributed by atoms with Crippen molar-refractivity contribution < 1.29 is 4.39 Å². The fraction of sp³-hybridized carbons (Fsp3) is 0.926. The van der Waals surface area contributed by atoms with Gasteiger partial charge in [0.15, 0.2) is 0 Å². The van der Waals surface area contributed by atoms with Gasteiger partial charge < -0.3 is 0 Å². The summed E-state index contributed by atoms with van der Waals surface area (Å²) in [5.41, 5.74) is 1.37. The van der Waals surface area contributed by atoms with E-state index in [0.717, 1.165) is 19.3 Å². The van der Waals surface area contributed by atoms with E-state index in [1.54, 1.807) is 0 Å². The molecule has 0 aliphatic heterocycles. The lowest BCUT2D eigenvalue weighted by Crippen LogP contribution is -2.64. The van der Waals surface area contributed by atoms with Crippen LogP contribution in [0.25, 0.3) is 0 Å². The molecule has 1 spiro atoms. The third-order valence-corrected chi connectivity index (χ3v) is 10.7. The zero-order valence-corrected chi connectivity index (χ0v) is 20.5. The van der Waals surface area contributed by atoms with Crippen molar-refractivity contribution in [2.75, 3.05) is 0 Å². The Bertz CT molecular complexity index is 621. The molecule has 0 nitrogen and oxygen atoms in total. The first-order valence-corrected chi connectivity index (χ1v) is 12.0. The highest BCUT2D eigenvalue weighted by Gasteiger charge is 2.82. The topological polar surface area (TPSA) is 0 Å². The van der Waals surface area contributed by atoms with Crippen molar-refractivity contribution in [2.45, 2.75) is 108 Å². The minimum absolute atomic E-state index is 0.150. The molecular weight excluding hydrogens is 343 g/mol. The zero-order chi connectivity index (χ0) is 21.3. The molecule has 0 saturated heterocycles. The van der Waals surface area contributed by atoms with Gasteiger partial charge in [0.1, 0.15) is 6.17 Å². The molecular formula is C27H47F. The minimum atomic E-state index is -0.565. The Balaban J connectivity index is 1.71. The number of allylic oxidation sites excluding steroid dienone is 2. The van der Waals surface area contributed by atoms with E-state index in [4.69, 9.17) is 0 Å². The molecule has 1 heteroatoms. The Morgan fingerprint density at radius 3 is 2.18 bits per heavy atom. The maximum atomic E-state index is 14.7. The number of hydrogen-bond acceptors (Lipinski definition) is 0. The minimum Gasteiger partial charge on any atom is -0.247 e. The highest BCUT2D eigenvalue weighted by Crippen LogP contribution is 2.86. The second-order valence-electron chi connectivity index (χ2n) is 13.3. The number of rotatable bonds is 6. The highest BCUT2D eigenvalue weighted by atomic mass is 19.1. The second kappa shape index (κ2) is 6.58. The van der Waals surface area contributed by atoms with Gasteiger partial charge in [-0.1, -0.05) is 87.8 Å². The van der Waals surface area contributed by atoms with Crippen molar-refractivity contribution in [3.63, 3.8) is 0 Å². The van der Waals surface area contributed by atoms with Crippen LogP contribution >= 0.6 is 0 Å². The van der Waals surface area contributed by atoms with E-state index in [-0.39, 0.29) is 5.41 Å². The predicted molar refractivity (Wildman–Crippen MR) is 120 cm³/mol. The smallest absolute Gasteiger partial charge is 0.104 e. The fourth-order valence-electron chi connectivity index (χ4n) is 7.99. The molecule has 3 saturated carbocycles. The van der Waals surface area contributed by atoms with Gasteiger partial charge in [-0.25, -0.2) is 4.39 Å². The quantitative estimate of drug-likeness (QED) is 0.399. The highest BCUT2D eigenvalue weighted by molar-refractivity contribution is 5.30. The molecule has 0 aromatic heterocycles. The summed E-state index contributed by atoms with van der Waals surface area (Å²) in [4.78, 5) is 0. The van der Waals surface area contributed by atoms with E-state index in [2.05, 4.69) is 81.4 Å². The number of alkyl halides is 1. The van der Waals surface area contributed by atoms with Gasteiger partial charge in [-0.2, -0.15) is 0 Å². The zero-order valence-electron chi connectivity index (χ0n) is 20.5. The lowest BCUT2D eigenvalue weighted by molar-refractivity contribution is -0.209. The molecule has 0 bridgehead atoms. The standard InChI is InChI=1S/C27H47F/c1-11-18(2)26(10,23(3,4)5)15-13-12-14-19-22-24(6,7)17-21(28)20-16-27(20,22)25(19,8)9/h12-13,18-22H,11,14-17H2,1-10H3. The Kier molecular flexibility index (Phi) is 5.26. The van der Waals surface area contributed by atoms with E-state index in [9.17, 15) is 4.39 Å². The van der Waals surface area contributed by atoms with Gasteiger partial charge in [0.2, 0.25) is 0 Å². The van der Waals surface area contributed by atoms with Crippen LogP contribution in [0.4, 0.5) is 4.39 Å². The summed E-state index contributed by atoms with van der Waals surface area (Å²) >= 11 is 0. The second-order valence-corrected chi connectivity index (χ2v) is 13.3.